The van der Waals surface area contributed by atoms with Crippen molar-refractivity contribution in [3.05, 3.63) is 309 Å². The van der Waals surface area contributed by atoms with Crippen LogP contribution in [-0.4, -0.2) is 37.5 Å². The number of hydrogen-bond acceptors (Lipinski definition) is 4. The first-order chi connectivity index (χ1) is 66.1. The molecule has 12 heteroatoms. The van der Waals surface area contributed by atoms with Crippen molar-refractivity contribution < 1.29 is 18.3 Å². The summed E-state index contributed by atoms with van der Waals surface area (Å²) in [7, 11) is 8.78. The summed E-state index contributed by atoms with van der Waals surface area (Å²) in [5.41, 5.74) is 48.3. The molecule has 0 atom stereocenters. The Morgan fingerprint density at radius 2 is 0.515 bits per heavy atom. The van der Waals surface area contributed by atoms with E-state index >= 15 is 0 Å². The molecular weight excluding hydrogens is 1660 g/mol. The fraction of sp³-hybridized carbons (Fsp3) is 0.323. The normalized spacial score (nSPS) is 15.0. The van der Waals surface area contributed by atoms with Gasteiger partial charge in [-0.2, -0.15) is 17.6 Å². The Balaban J connectivity index is 0.000000103. The number of hydrogen-bond donors (Lipinski definition) is 0. The maximum absolute atomic E-state index is 5.69. The summed E-state index contributed by atoms with van der Waals surface area (Å²) >= 11 is 0. The van der Waals surface area contributed by atoms with Crippen molar-refractivity contribution in [1.82, 2.24) is 37.5 Å². The lowest BCUT2D eigenvalue weighted by atomic mass is 9.86. The lowest BCUT2D eigenvalue weighted by Crippen LogP contribution is -2.27. The van der Waals surface area contributed by atoms with E-state index in [4.69, 9.17) is 19.9 Å². The minimum Gasteiger partial charge on any atom is -0.252 e. The van der Waals surface area contributed by atoms with Gasteiger partial charge in [-0.05, 0) is 305 Å². The highest BCUT2D eigenvalue weighted by Gasteiger charge is 2.37. The Bertz CT molecular complexity index is 8650. The van der Waals surface area contributed by atoms with Gasteiger partial charge >= 0.3 is 0 Å². The molecule has 22 aromatic rings. The van der Waals surface area contributed by atoms with Gasteiger partial charge in [0.25, 0.3) is 22.6 Å². The molecule has 0 saturated heterocycles. The Morgan fingerprint density at radius 3 is 0.831 bits per heavy atom. The van der Waals surface area contributed by atoms with E-state index in [1.807, 2.05) is 0 Å². The third kappa shape index (κ3) is 13.7. The van der Waals surface area contributed by atoms with Crippen molar-refractivity contribution in [1.29, 1.82) is 0 Å². The number of rotatable bonds is 9. The van der Waals surface area contributed by atoms with E-state index < -0.39 is 0 Å². The first-order valence-corrected chi connectivity index (χ1v) is 50.9. The average molecular weight is 1790 g/mol. The van der Waals surface area contributed by atoms with Gasteiger partial charge in [0.1, 0.15) is 22.1 Å². The van der Waals surface area contributed by atoms with Crippen molar-refractivity contribution in [2.24, 2.45) is 28.2 Å². The van der Waals surface area contributed by atoms with Crippen LogP contribution in [0, 0.1) is 48.5 Å². The third-order valence-electron chi connectivity index (χ3n) is 32.3. The minimum absolute atomic E-state index is 0.410. The molecule has 0 bridgehead atoms. The fourth-order valence-electron chi connectivity index (χ4n) is 26.0. The first kappa shape index (κ1) is 86.8. The predicted octanol–water partition coefficient (Wildman–Crippen LogP) is 30.0. The molecule has 4 saturated carbocycles. The molecule has 0 spiro atoms. The van der Waals surface area contributed by atoms with E-state index in [1.54, 1.807) is 0 Å². The van der Waals surface area contributed by atoms with Crippen molar-refractivity contribution in [2.45, 2.75) is 234 Å². The van der Waals surface area contributed by atoms with Crippen LogP contribution in [0.3, 0.4) is 0 Å². The number of pyridine rings is 8. The maximum Gasteiger partial charge on any atom is 0.297 e. The van der Waals surface area contributed by atoms with Crippen LogP contribution >= 0.6 is 0 Å². The van der Waals surface area contributed by atoms with Crippen molar-refractivity contribution in [2.75, 3.05) is 0 Å². The van der Waals surface area contributed by atoms with Gasteiger partial charge in [-0.25, -0.2) is 28.2 Å². The zero-order valence-corrected chi connectivity index (χ0v) is 82.7. The monoisotopic (exact) mass is 1790 g/mol. The molecule has 0 unspecified atom stereocenters. The molecule has 4 fully saturated rings. The number of imidazole rings is 4. The van der Waals surface area contributed by atoms with Crippen LogP contribution in [0.2, 0.25) is 0 Å². The number of aryl methyl sites for hydroxylation is 11. The van der Waals surface area contributed by atoms with Crippen molar-refractivity contribution >= 4 is 154 Å². The quantitative estimate of drug-likeness (QED) is 0.106. The molecule has 26 rings (SSSR count). The summed E-state index contributed by atoms with van der Waals surface area (Å²) in [5.74, 6) is 3.76. The Morgan fingerprint density at radius 1 is 0.250 bits per heavy atom. The molecule has 0 radical (unpaired) electrons. The zero-order chi connectivity index (χ0) is 93.2. The molecule has 0 N–H and O–H groups in total. The summed E-state index contributed by atoms with van der Waals surface area (Å²) in [4.78, 5) is 21.7. The largest absolute Gasteiger partial charge is 0.297 e. The molecule has 136 heavy (non-hydrogen) atoms. The van der Waals surface area contributed by atoms with Crippen LogP contribution in [-0.2, 0) is 28.2 Å². The van der Waals surface area contributed by atoms with E-state index in [2.05, 4.69) is 385 Å². The second kappa shape index (κ2) is 34.2. The summed E-state index contributed by atoms with van der Waals surface area (Å²) in [6.07, 6.45) is 20.9. The van der Waals surface area contributed by atoms with Gasteiger partial charge in [-0.3, -0.25) is 9.97 Å². The van der Waals surface area contributed by atoms with E-state index in [-0.39, 0.29) is 0 Å². The molecule has 680 valence electrons. The summed E-state index contributed by atoms with van der Waals surface area (Å²) in [5, 5.41) is 10.5. The van der Waals surface area contributed by atoms with Gasteiger partial charge in [-0.1, -0.05) is 226 Å². The predicted molar refractivity (Wildman–Crippen MR) is 567 cm³/mol. The molecule has 12 aromatic heterocycles. The third-order valence-corrected chi connectivity index (χ3v) is 32.3. The maximum atomic E-state index is 5.69. The highest BCUT2D eigenvalue weighted by atomic mass is 15.1. The first-order valence-electron chi connectivity index (χ1n) is 50.9. The number of fused-ring (bicyclic) bond motifs is 32. The summed E-state index contributed by atoms with van der Waals surface area (Å²) in [6, 6.07) is 85.4. The summed E-state index contributed by atoms with van der Waals surface area (Å²) < 4.78 is 19.3. The topological polar surface area (TPSA) is 84.7 Å². The molecule has 0 amide bonds. The van der Waals surface area contributed by atoms with Crippen molar-refractivity contribution in [3.8, 4) is 22.5 Å². The van der Waals surface area contributed by atoms with Gasteiger partial charge in [0, 0.05) is 22.5 Å². The van der Waals surface area contributed by atoms with Crippen LogP contribution in [0.4, 0.5) is 0 Å². The number of aromatic nitrogens is 12. The average Bonchev–Trinajstić information content (AvgIpc) is 1.53. The molecule has 4 aliphatic carbocycles. The molecular formula is C124H128N12+4. The van der Waals surface area contributed by atoms with Gasteiger partial charge < -0.3 is 0 Å². The number of nitrogens with zero attached hydrogens (tertiary/aromatic N) is 12. The van der Waals surface area contributed by atoms with Crippen molar-refractivity contribution in [3.63, 3.8) is 0 Å². The molecule has 10 aromatic carbocycles. The lowest BCUT2D eigenvalue weighted by molar-refractivity contribution is -0.617. The van der Waals surface area contributed by atoms with Crippen LogP contribution in [0.15, 0.2) is 231 Å². The van der Waals surface area contributed by atoms with Crippen LogP contribution in [0.25, 0.3) is 176 Å². The standard InChI is InChI=1S/C37H40N3.C33H32N3.C28H30N3.C26H26N3/c1-22(2)26-15-11-16-27(23(3)4)34(26)29-21-24(5)33-36(38-29)35-28(25-13-7-8-14-25)17-12-20-32(35)40-31-19-10-9-18-30(31)39(6)37(33)40;1-20-11-9-12-21(2)29(20)25-19-22(3)30-32(34-25)31-24(23-13-5-6-14-23)15-10-18-28(31)36-27-17-8-7-16-26(27)35(4)33(30)36;1-17(2)21-16-18(3)25-27(29-21)26-20(19-10-5-6-11-19)12-9-15-24(26)31-23-14-8-7-13-22(23)30(4)28(25)31;1-16-15-17(2)27-25-23(16)26-28(3)20-12-6-7-13-21(20)29(26)22-14-8-11-19(24(22)25)18-9-4-5-10-18/h9-12,15-23,25H,7-8,13-14H2,1-6H3;7-12,15-19,23H,5-6,13-14H2,1-4H3;7-9,12-17,19H,5-6,10-11H2,1-4H3;6-8,11-15,18H,4-5,9-10H2,1-3H3/q4*+1. The van der Waals surface area contributed by atoms with Gasteiger partial charge in [-0.15, -0.1) is 0 Å². The smallest absolute Gasteiger partial charge is 0.252 e. The van der Waals surface area contributed by atoms with E-state index in [0.29, 0.717) is 41.4 Å². The Labute approximate surface area is 798 Å². The number of para-hydroxylation sites is 8. The van der Waals surface area contributed by atoms with Gasteiger partial charge in [0.05, 0.1) is 105 Å². The van der Waals surface area contributed by atoms with Crippen LogP contribution in [0.1, 0.15) is 264 Å². The van der Waals surface area contributed by atoms with Gasteiger partial charge in [0.15, 0.2) is 44.1 Å². The molecule has 12 heterocycles. The van der Waals surface area contributed by atoms with E-state index in [0.717, 1.165) is 28.1 Å². The summed E-state index contributed by atoms with van der Waals surface area (Å²) in [6.45, 7) is 29.3. The molecule has 4 aliphatic rings. The lowest BCUT2D eigenvalue weighted by Gasteiger charge is -2.21. The SMILES string of the molecule is Cc1cc(-c2c(C(C)C)cccc2C(C)C)nc2c3c(C4CCCC4)cccc3n3c4ccccc4[n+](C)c3c12.Cc1cc(C(C)C)nc2c3c(C4CCCC4)cccc3n3c4ccccc4[n+](C)c3c12.Cc1cc(C)c2c(n1)c1c(C3CCCC3)cccc1n1c3ccccc3[n+](C)c21.Cc1cccc(C)c1-c1cc(C)c2c(n1)c1c(C3CCCC3)cccc1n1c3ccccc3[n+](C)c21. The van der Waals surface area contributed by atoms with Crippen LogP contribution < -0.4 is 18.3 Å². The molecule has 12 nitrogen and oxygen atoms in total. The zero-order valence-electron chi connectivity index (χ0n) is 82.7. The number of benzene rings is 10. The molecule has 0 aliphatic heterocycles. The van der Waals surface area contributed by atoms with E-state index in [1.165, 1.54) is 329 Å². The minimum atomic E-state index is 0.410. The van der Waals surface area contributed by atoms with E-state index in [9.17, 15) is 0 Å². The highest BCUT2D eigenvalue weighted by Crippen LogP contribution is 2.50. The highest BCUT2D eigenvalue weighted by molar-refractivity contribution is 6.18. The second-order valence-electron chi connectivity index (χ2n) is 41.7. The Kier molecular flexibility index (Phi) is 21.8. The second-order valence-corrected chi connectivity index (χ2v) is 41.7. The van der Waals surface area contributed by atoms with Crippen LogP contribution in [0.5, 0.6) is 0 Å². The Hall–Kier alpha value is -13.3. The van der Waals surface area contributed by atoms with Gasteiger partial charge in [0.2, 0.25) is 0 Å². The fourth-order valence-corrected chi connectivity index (χ4v) is 26.0.